The van der Waals surface area contributed by atoms with E-state index >= 15 is 0 Å². The Morgan fingerprint density at radius 2 is 2.22 bits per heavy atom. The molecule has 5 nitrogen and oxygen atoms in total. The summed E-state index contributed by atoms with van der Waals surface area (Å²) >= 11 is 2.27. The third-order valence-corrected chi connectivity index (χ3v) is 3.33. The summed E-state index contributed by atoms with van der Waals surface area (Å²) in [7, 11) is 0. The maximum absolute atomic E-state index is 11.4. The van der Waals surface area contributed by atoms with Crippen LogP contribution in [0.25, 0.3) is 11.2 Å². The first-order chi connectivity index (χ1) is 8.72. The van der Waals surface area contributed by atoms with Crippen molar-refractivity contribution in [3.8, 4) is 0 Å². The summed E-state index contributed by atoms with van der Waals surface area (Å²) < 4.78 is 1.17. The van der Waals surface area contributed by atoms with Gasteiger partial charge in [0.2, 0.25) is 0 Å². The summed E-state index contributed by atoms with van der Waals surface area (Å²) in [4.78, 5) is 25.0. The van der Waals surface area contributed by atoms with Gasteiger partial charge in [-0.15, -0.1) is 0 Å². The first kappa shape index (κ1) is 11.4. The van der Waals surface area contributed by atoms with Crippen molar-refractivity contribution >= 4 is 33.8 Å². The molecule has 6 heteroatoms. The summed E-state index contributed by atoms with van der Waals surface area (Å²) in [5.74, 6) is 0. The van der Waals surface area contributed by atoms with E-state index in [4.69, 9.17) is 0 Å². The molecule has 0 amide bonds. The van der Waals surface area contributed by atoms with Gasteiger partial charge in [-0.2, -0.15) is 4.98 Å². The molecule has 0 spiro atoms. The summed E-state index contributed by atoms with van der Waals surface area (Å²) in [5, 5.41) is 0. The number of benzene rings is 1. The largest absolute Gasteiger partial charge is 0.347 e. The van der Waals surface area contributed by atoms with Crippen LogP contribution in [0, 0.1) is 3.57 Å². The molecule has 18 heavy (non-hydrogen) atoms. The van der Waals surface area contributed by atoms with Gasteiger partial charge in [-0.3, -0.25) is 0 Å². The second-order valence-electron chi connectivity index (χ2n) is 3.93. The number of H-pyrrole nitrogens is 2. The summed E-state index contributed by atoms with van der Waals surface area (Å²) in [6, 6.07) is 8.15. The molecule has 0 fully saturated rings. The maximum Gasteiger partial charge on any atom is 0.347 e. The molecule has 2 aromatic heterocycles. The predicted molar refractivity (Wildman–Crippen MR) is 76.5 cm³/mol. The lowest BCUT2D eigenvalue weighted by Crippen LogP contribution is -2.13. The molecule has 0 atom stereocenters. The molecule has 0 saturated heterocycles. The van der Waals surface area contributed by atoms with Crippen molar-refractivity contribution in [2.24, 2.45) is 0 Å². The van der Waals surface area contributed by atoms with Gasteiger partial charge in [0.05, 0.1) is 12.0 Å². The minimum absolute atomic E-state index is 0.366. The molecule has 3 rings (SSSR count). The van der Waals surface area contributed by atoms with E-state index in [9.17, 15) is 4.79 Å². The molecule has 0 aliphatic carbocycles. The van der Waals surface area contributed by atoms with Crippen LogP contribution in [0.2, 0.25) is 0 Å². The lowest BCUT2D eigenvalue weighted by atomic mass is 10.1. The van der Waals surface area contributed by atoms with Crippen LogP contribution >= 0.6 is 22.6 Å². The predicted octanol–water partition coefficient (Wildman–Crippen LogP) is 1.84. The van der Waals surface area contributed by atoms with E-state index in [1.165, 1.54) is 3.57 Å². The van der Waals surface area contributed by atoms with Crippen molar-refractivity contribution in [3.63, 3.8) is 0 Å². The fraction of sp³-hybridized carbons (Fsp3) is 0.0833. The summed E-state index contributed by atoms with van der Waals surface area (Å²) in [6.45, 7) is 0. The molecule has 2 N–H and O–H groups in total. The molecule has 0 saturated carbocycles. The highest BCUT2D eigenvalue weighted by atomic mass is 127. The van der Waals surface area contributed by atoms with Crippen LogP contribution in [0.4, 0.5) is 0 Å². The second-order valence-corrected chi connectivity index (χ2v) is 5.17. The molecule has 0 bridgehead atoms. The highest BCUT2D eigenvalue weighted by Gasteiger charge is 2.07. The summed E-state index contributed by atoms with van der Waals surface area (Å²) in [5.41, 5.74) is 2.83. The minimum Gasteiger partial charge on any atom is -0.342 e. The Labute approximate surface area is 116 Å². The number of rotatable bonds is 2. The van der Waals surface area contributed by atoms with E-state index < -0.39 is 0 Å². The zero-order valence-electron chi connectivity index (χ0n) is 9.27. The van der Waals surface area contributed by atoms with Crippen molar-refractivity contribution in [1.29, 1.82) is 0 Å². The van der Waals surface area contributed by atoms with Crippen LogP contribution in [0.15, 0.2) is 35.4 Å². The van der Waals surface area contributed by atoms with Crippen LogP contribution in [0.1, 0.15) is 11.3 Å². The van der Waals surface area contributed by atoms with E-state index in [1.807, 2.05) is 18.2 Å². The number of hydrogen-bond acceptors (Lipinski definition) is 3. The van der Waals surface area contributed by atoms with E-state index in [2.05, 4.69) is 48.6 Å². The molecule has 0 aliphatic heterocycles. The van der Waals surface area contributed by atoms with E-state index in [1.54, 1.807) is 6.33 Å². The maximum atomic E-state index is 11.4. The van der Waals surface area contributed by atoms with Crippen LogP contribution in [-0.2, 0) is 6.42 Å². The number of aromatic amines is 2. The van der Waals surface area contributed by atoms with Gasteiger partial charge >= 0.3 is 5.69 Å². The Kier molecular flexibility index (Phi) is 2.86. The molecule has 3 aromatic rings. The number of halogens is 1. The van der Waals surface area contributed by atoms with Gasteiger partial charge in [0.15, 0.2) is 5.65 Å². The number of fused-ring (bicyclic) bond motifs is 1. The van der Waals surface area contributed by atoms with Gasteiger partial charge in [-0.25, -0.2) is 9.78 Å². The van der Waals surface area contributed by atoms with Crippen molar-refractivity contribution in [3.05, 3.63) is 55.9 Å². The van der Waals surface area contributed by atoms with Crippen molar-refractivity contribution in [1.82, 2.24) is 19.9 Å². The third kappa shape index (κ3) is 2.15. The Bertz CT molecular complexity index is 762. The van der Waals surface area contributed by atoms with Gasteiger partial charge in [0, 0.05) is 9.99 Å². The average molecular weight is 352 g/mol. The van der Waals surface area contributed by atoms with E-state index in [0.717, 1.165) is 16.8 Å². The summed E-state index contributed by atoms with van der Waals surface area (Å²) in [6.07, 6.45) is 2.19. The van der Waals surface area contributed by atoms with Crippen molar-refractivity contribution in [2.45, 2.75) is 6.42 Å². The van der Waals surface area contributed by atoms with Gasteiger partial charge in [-0.05, 0) is 40.3 Å². The fourth-order valence-corrected chi connectivity index (χ4v) is 2.50. The number of nitrogens with one attached hydrogen (secondary N) is 2. The standard InChI is InChI=1S/C12H9IN4O/c13-8-3-1-2-7(4-8)5-9-10-11(15-6-14-10)17-12(18)16-9/h1-4,6H,5H2,(H2,14,15,16,17,18). The molecule has 90 valence electrons. The highest BCUT2D eigenvalue weighted by Crippen LogP contribution is 2.15. The van der Waals surface area contributed by atoms with Gasteiger partial charge in [0.25, 0.3) is 0 Å². The SMILES string of the molecule is O=c1nc2nc[nH]c2c(Cc2cccc(I)c2)[nH]1. The smallest absolute Gasteiger partial charge is 0.342 e. The molecule has 0 radical (unpaired) electrons. The van der Waals surface area contributed by atoms with Crippen molar-refractivity contribution in [2.75, 3.05) is 0 Å². The zero-order chi connectivity index (χ0) is 12.5. The second kappa shape index (κ2) is 4.52. The van der Waals surface area contributed by atoms with Gasteiger partial charge in [-0.1, -0.05) is 12.1 Å². The number of hydrogen-bond donors (Lipinski definition) is 2. The van der Waals surface area contributed by atoms with Crippen LogP contribution < -0.4 is 5.69 Å². The van der Waals surface area contributed by atoms with Gasteiger partial charge < -0.3 is 9.97 Å². The van der Waals surface area contributed by atoms with E-state index in [-0.39, 0.29) is 5.69 Å². The zero-order valence-corrected chi connectivity index (χ0v) is 11.4. The monoisotopic (exact) mass is 352 g/mol. The van der Waals surface area contributed by atoms with E-state index in [0.29, 0.717) is 12.1 Å². The molecular formula is C12H9IN4O. The number of nitrogens with zero attached hydrogens (tertiary/aromatic N) is 2. The van der Waals surface area contributed by atoms with Crippen LogP contribution in [0.5, 0.6) is 0 Å². The lowest BCUT2D eigenvalue weighted by molar-refractivity contribution is 1.00. The molecule has 0 aliphatic rings. The number of imidazole rings is 1. The van der Waals surface area contributed by atoms with Crippen LogP contribution in [0.3, 0.4) is 0 Å². The fourth-order valence-electron chi connectivity index (χ4n) is 1.89. The average Bonchev–Trinajstić information content (AvgIpc) is 2.77. The molecular weight excluding hydrogens is 343 g/mol. The third-order valence-electron chi connectivity index (χ3n) is 2.66. The molecule has 1 aromatic carbocycles. The molecule has 2 heterocycles. The Balaban J connectivity index is 2.09. The minimum atomic E-state index is -0.366. The first-order valence-electron chi connectivity index (χ1n) is 5.39. The highest BCUT2D eigenvalue weighted by molar-refractivity contribution is 14.1. The quantitative estimate of drug-likeness (QED) is 0.692. The first-order valence-corrected chi connectivity index (χ1v) is 6.47. The Morgan fingerprint density at radius 3 is 3.06 bits per heavy atom. The van der Waals surface area contributed by atoms with Crippen molar-refractivity contribution < 1.29 is 0 Å². The molecule has 0 unspecified atom stereocenters. The lowest BCUT2D eigenvalue weighted by Gasteiger charge is -2.03. The van der Waals surface area contributed by atoms with Crippen LogP contribution in [-0.4, -0.2) is 19.9 Å². The topological polar surface area (TPSA) is 74.4 Å². The normalized spacial score (nSPS) is 10.9. The Hall–Kier alpha value is -1.70. The Morgan fingerprint density at radius 1 is 1.33 bits per heavy atom. The van der Waals surface area contributed by atoms with Gasteiger partial charge in [0.1, 0.15) is 5.52 Å². The number of aromatic nitrogens is 4.